The van der Waals surface area contributed by atoms with Crippen molar-refractivity contribution in [2.75, 3.05) is 0 Å². The molecular formula is C29H22O. The summed E-state index contributed by atoms with van der Waals surface area (Å²) in [5.41, 5.74) is 8.93. The Morgan fingerprint density at radius 3 is 2.33 bits per heavy atom. The van der Waals surface area contributed by atoms with Crippen molar-refractivity contribution in [3.63, 3.8) is 0 Å². The molecule has 0 saturated heterocycles. The lowest BCUT2D eigenvalue weighted by Gasteiger charge is -2.17. The average Bonchev–Trinajstić information content (AvgIpc) is 3.13. The topological polar surface area (TPSA) is 13.1 Å². The van der Waals surface area contributed by atoms with E-state index in [1.807, 2.05) is 0 Å². The van der Waals surface area contributed by atoms with Gasteiger partial charge in [-0.05, 0) is 59.4 Å². The maximum atomic E-state index is 6.60. The molecule has 1 heterocycles. The smallest absolute Gasteiger partial charge is 0.143 e. The first kappa shape index (κ1) is 17.3. The zero-order chi connectivity index (χ0) is 20.1. The van der Waals surface area contributed by atoms with Gasteiger partial charge >= 0.3 is 0 Å². The summed E-state index contributed by atoms with van der Waals surface area (Å²) in [6.07, 6.45) is 4.46. The van der Waals surface area contributed by atoms with Crippen LogP contribution in [0.4, 0.5) is 0 Å². The van der Waals surface area contributed by atoms with Crippen LogP contribution in [0.5, 0.6) is 0 Å². The first-order chi connectivity index (χ1) is 14.8. The fraction of sp³-hybridized carbons (Fsp3) is 0.103. The van der Waals surface area contributed by atoms with Crippen molar-refractivity contribution in [3.8, 4) is 22.6 Å². The van der Waals surface area contributed by atoms with Crippen LogP contribution in [0.2, 0.25) is 0 Å². The van der Waals surface area contributed by atoms with E-state index in [9.17, 15) is 0 Å². The van der Waals surface area contributed by atoms with Crippen LogP contribution in [0.3, 0.4) is 0 Å². The van der Waals surface area contributed by atoms with Gasteiger partial charge in [-0.25, -0.2) is 0 Å². The molecule has 1 aliphatic heterocycles. The Morgan fingerprint density at radius 1 is 0.700 bits per heavy atom. The molecule has 0 unspecified atom stereocenters. The van der Waals surface area contributed by atoms with Crippen LogP contribution in [0.25, 0.3) is 45.1 Å². The monoisotopic (exact) mass is 386 g/mol. The van der Waals surface area contributed by atoms with E-state index in [1.54, 1.807) is 0 Å². The second-order valence-electron chi connectivity index (χ2n) is 8.20. The van der Waals surface area contributed by atoms with E-state index in [2.05, 4.69) is 97.9 Å². The molecule has 0 fully saturated rings. The molecule has 3 aliphatic rings. The molecule has 0 N–H and O–H groups in total. The van der Waals surface area contributed by atoms with Gasteiger partial charge in [-0.1, -0.05) is 84.4 Å². The lowest BCUT2D eigenvalue weighted by atomic mass is 9.88. The summed E-state index contributed by atoms with van der Waals surface area (Å²) in [5.74, 6) is 1.91. The van der Waals surface area contributed by atoms with Crippen molar-refractivity contribution < 1.29 is 4.42 Å². The Balaban J connectivity index is 1.61. The highest BCUT2D eigenvalue weighted by molar-refractivity contribution is 6.12. The van der Waals surface area contributed by atoms with Gasteiger partial charge in [0, 0.05) is 16.7 Å². The van der Waals surface area contributed by atoms with Gasteiger partial charge in [0.05, 0.1) is 0 Å². The predicted molar refractivity (Wildman–Crippen MR) is 126 cm³/mol. The Hall–Kier alpha value is -3.58. The SMILES string of the molecule is Cc1ccc(-c2ccc3c4ccccc4c(C4=Cc5ccccc5CC4)c-3o2)cc1. The van der Waals surface area contributed by atoms with Crippen LogP contribution in [-0.2, 0) is 6.42 Å². The molecule has 0 spiro atoms. The van der Waals surface area contributed by atoms with Crippen molar-refractivity contribution in [3.05, 3.63) is 107 Å². The van der Waals surface area contributed by atoms with Crippen molar-refractivity contribution in [2.45, 2.75) is 19.8 Å². The summed E-state index contributed by atoms with van der Waals surface area (Å²) in [6, 6.07) is 30.3. The van der Waals surface area contributed by atoms with Gasteiger partial charge in [-0.2, -0.15) is 0 Å². The molecule has 6 rings (SSSR count). The lowest BCUT2D eigenvalue weighted by Crippen LogP contribution is -1.99. The minimum atomic E-state index is 0.913. The van der Waals surface area contributed by atoms with Crippen molar-refractivity contribution in [1.29, 1.82) is 0 Å². The molecule has 3 aromatic carbocycles. The molecule has 1 nitrogen and oxygen atoms in total. The van der Waals surface area contributed by atoms with Crippen LogP contribution in [0.1, 0.15) is 28.7 Å². The molecule has 1 heteroatoms. The molecule has 0 radical (unpaired) electrons. The number of aryl methyl sites for hydroxylation is 2. The Kier molecular flexibility index (Phi) is 3.89. The summed E-state index contributed by atoms with van der Waals surface area (Å²) in [5, 5.41) is 2.55. The Bertz CT molecular complexity index is 1380. The maximum Gasteiger partial charge on any atom is 0.143 e. The summed E-state index contributed by atoms with van der Waals surface area (Å²) < 4.78 is 6.60. The molecule has 0 aromatic heterocycles. The molecule has 3 aromatic rings. The van der Waals surface area contributed by atoms with Crippen LogP contribution in [0, 0.1) is 6.92 Å². The van der Waals surface area contributed by atoms with Crippen LogP contribution >= 0.6 is 0 Å². The number of hydrogen-bond donors (Lipinski definition) is 0. The van der Waals surface area contributed by atoms with Gasteiger partial charge in [-0.3, -0.25) is 0 Å². The third-order valence-corrected chi connectivity index (χ3v) is 6.28. The van der Waals surface area contributed by atoms with E-state index in [1.165, 1.54) is 44.2 Å². The molecule has 0 saturated carbocycles. The highest BCUT2D eigenvalue weighted by Crippen LogP contribution is 2.46. The summed E-state index contributed by atoms with van der Waals surface area (Å²) in [7, 11) is 0. The van der Waals surface area contributed by atoms with Gasteiger partial charge < -0.3 is 4.42 Å². The molecule has 0 bridgehead atoms. The molecule has 144 valence electrons. The van der Waals surface area contributed by atoms with Gasteiger partial charge in [0.2, 0.25) is 0 Å². The molecule has 0 atom stereocenters. The number of fused-ring (bicyclic) bond motifs is 4. The molecule has 2 aliphatic carbocycles. The normalized spacial score (nSPS) is 13.4. The van der Waals surface area contributed by atoms with Crippen molar-refractivity contribution in [2.24, 2.45) is 0 Å². The van der Waals surface area contributed by atoms with E-state index in [4.69, 9.17) is 4.42 Å². The van der Waals surface area contributed by atoms with Crippen molar-refractivity contribution in [1.82, 2.24) is 0 Å². The second kappa shape index (κ2) is 6.74. The van der Waals surface area contributed by atoms with E-state index in [0.29, 0.717) is 0 Å². The van der Waals surface area contributed by atoms with E-state index >= 15 is 0 Å². The third-order valence-electron chi connectivity index (χ3n) is 6.28. The van der Waals surface area contributed by atoms with Gasteiger partial charge in [0.1, 0.15) is 11.5 Å². The third kappa shape index (κ3) is 2.70. The molecule has 0 amide bonds. The maximum absolute atomic E-state index is 6.60. The van der Waals surface area contributed by atoms with E-state index in [0.717, 1.165) is 29.9 Å². The highest BCUT2D eigenvalue weighted by atomic mass is 16.3. The minimum Gasteiger partial charge on any atom is -0.455 e. The Labute approximate surface area is 176 Å². The van der Waals surface area contributed by atoms with E-state index < -0.39 is 0 Å². The standard InChI is InChI=1S/C29H22O/c1-19-10-12-21(13-11-19)27-17-16-26-24-8-4-5-9-25(24)28(29(26)30-27)23-15-14-20-6-2-3-7-22(20)18-23/h2-13,16-18H,14-15H2,1H3. The quantitative estimate of drug-likeness (QED) is 0.299. The zero-order valence-corrected chi connectivity index (χ0v) is 17.0. The summed E-state index contributed by atoms with van der Waals surface area (Å²) >= 11 is 0. The predicted octanol–water partition coefficient (Wildman–Crippen LogP) is 8.00. The first-order valence-electron chi connectivity index (χ1n) is 10.6. The minimum absolute atomic E-state index is 0.913. The fourth-order valence-electron chi connectivity index (χ4n) is 4.71. The largest absolute Gasteiger partial charge is 0.455 e. The summed E-state index contributed by atoms with van der Waals surface area (Å²) in [4.78, 5) is 0. The average molecular weight is 386 g/mol. The highest BCUT2D eigenvalue weighted by Gasteiger charge is 2.24. The number of hydrogen-bond acceptors (Lipinski definition) is 1. The second-order valence-corrected chi connectivity index (χ2v) is 8.20. The molecular weight excluding hydrogens is 364 g/mol. The van der Waals surface area contributed by atoms with Gasteiger partial charge in [0.25, 0.3) is 0 Å². The van der Waals surface area contributed by atoms with E-state index in [-0.39, 0.29) is 0 Å². The van der Waals surface area contributed by atoms with Gasteiger partial charge in [-0.15, -0.1) is 0 Å². The van der Waals surface area contributed by atoms with Crippen LogP contribution in [-0.4, -0.2) is 0 Å². The van der Waals surface area contributed by atoms with Crippen LogP contribution < -0.4 is 0 Å². The number of allylic oxidation sites excluding steroid dienone is 1. The Morgan fingerprint density at radius 2 is 1.47 bits per heavy atom. The number of rotatable bonds is 2. The number of benzene rings is 3. The molecule has 30 heavy (non-hydrogen) atoms. The van der Waals surface area contributed by atoms with Crippen molar-refractivity contribution >= 4 is 22.4 Å². The van der Waals surface area contributed by atoms with Crippen LogP contribution in [0.15, 0.2) is 89.3 Å². The zero-order valence-electron chi connectivity index (χ0n) is 17.0. The first-order valence-corrected chi connectivity index (χ1v) is 10.6. The van der Waals surface area contributed by atoms with Gasteiger partial charge in [0.15, 0.2) is 0 Å². The fourth-order valence-corrected chi connectivity index (χ4v) is 4.71. The lowest BCUT2D eigenvalue weighted by molar-refractivity contribution is 0.582. The summed E-state index contributed by atoms with van der Waals surface area (Å²) in [6.45, 7) is 2.11.